The van der Waals surface area contributed by atoms with Gasteiger partial charge in [-0.1, -0.05) is 0 Å². The summed E-state index contributed by atoms with van der Waals surface area (Å²) in [5, 5.41) is 14.2. The van der Waals surface area contributed by atoms with Crippen LogP contribution in [0, 0.1) is 13.8 Å². The van der Waals surface area contributed by atoms with E-state index in [0.29, 0.717) is 39.6 Å². The SMILES string of the molecule is COc1cc(NC(=O)c2cc(C)c(OCC(=O)O)c(C)c2)ccc1NC(C)=O. The minimum absolute atomic E-state index is 0.230. The average Bonchev–Trinajstić information content (AvgIpc) is 2.61. The summed E-state index contributed by atoms with van der Waals surface area (Å²) in [6, 6.07) is 8.14. The van der Waals surface area contributed by atoms with Crippen LogP contribution in [0.3, 0.4) is 0 Å². The summed E-state index contributed by atoms with van der Waals surface area (Å²) >= 11 is 0. The molecule has 0 aromatic heterocycles. The molecule has 2 rings (SSSR count). The van der Waals surface area contributed by atoms with Gasteiger partial charge in [0, 0.05) is 24.2 Å². The van der Waals surface area contributed by atoms with Gasteiger partial charge >= 0.3 is 5.97 Å². The number of carbonyl (C=O) groups excluding carboxylic acids is 2. The minimum atomic E-state index is -1.07. The van der Waals surface area contributed by atoms with Crippen LogP contribution in [0.25, 0.3) is 0 Å². The lowest BCUT2D eigenvalue weighted by atomic mass is 10.0. The van der Waals surface area contributed by atoms with Crippen LogP contribution in [0.2, 0.25) is 0 Å². The van der Waals surface area contributed by atoms with Crippen LogP contribution in [-0.4, -0.2) is 36.6 Å². The molecule has 2 aromatic carbocycles. The molecule has 0 unspecified atom stereocenters. The number of carboxylic acid groups (broad SMARTS) is 1. The number of methoxy groups -OCH3 is 1. The van der Waals surface area contributed by atoms with E-state index in [-0.39, 0.29) is 11.8 Å². The molecular formula is C20H22N2O6. The van der Waals surface area contributed by atoms with Crippen molar-refractivity contribution in [1.29, 1.82) is 0 Å². The molecule has 0 heterocycles. The Kier molecular flexibility index (Phi) is 6.59. The lowest BCUT2D eigenvalue weighted by Crippen LogP contribution is -2.14. The molecule has 8 nitrogen and oxygen atoms in total. The van der Waals surface area contributed by atoms with Gasteiger partial charge in [-0.15, -0.1) is 0 Å². The van der Waals surface area contributed by atoms with Crippen LogP contribution < -0.4 is 20.1 Å². The molecule has 3 N–H and O–H groups in total. The zero-order valence-electron chi connectivity index (χ0n) is 16.1. The van der Waals surface area contributed by atoms with E-state index in [0.717, 1.165) is 0 Å². The second-order valence-electron chi connectivity index (χ2n) is 6.17. The first kappa shape index (κ1) is 20.8. The molecule has 0 radical (unpaired) electrons. The molecule has 28 heavy (non-hydrogen) atoms. The highest BCUT2D eigenvalue weighted by atomic mass is 16.5. The third-order valence-corrected chi connectivity index (χ3v) is 3.83. The molecule has 0 aliphatic rings. The molecular weight excluding hydrogens is 364 g/mol. The zero-order chi connectivity index (χ0) is 20.8. The number of hydrogen-bond donors (Lipinski definition) is 3. The first-order chi connectivity index (χ1) is 13.2. The van der Waals surface area contributed by atoms with Gasteiger partial charge in [0.2, 0.25) is 5.91 Å². The molecule has 0 saturated heterocycles. The van der Waals surface area contributed by atoms with Crippen molar-refractivity contribution < 1.29 is 29.0 Å². The molecule has 148 valence electrons. The first-order valence-corrected chi connectivity index (χ1v) is 8.44. The second kappa shape index (κ2) is 8.90. The lowest BCUT2D eigenvalue weighted by molar-refractivity contribution is -0.139. The largest absolute Gasteiger partial charge is 0.494 e. The van der Waals surface area contributed by atoms with Gasteiger partial charge in [0.05, 0.1) is 12.8 Å². The van der Waals surface area contributed by atoms with Gasteiger partial charge in [-0.2, -0.15) is 0 Å². The maximum Gasteiger partial charge on any atom is 0.341 e. The summed E-state index contributed by atoms with van der Waals surface area (Å²) in [6.07, 6.45) is 0. The van der Waals surface area contributed by atoms with E-state index in [2.05, 4.69) is 10.6 Å². The maximum absolute atomic E-state index is 12.6. The molecule has 0 aliphatic heterocycles. The fraction of sp³-hybridized carbons (Fsp3) is 0.250. The Morgan fingerprint density at radius 2 is 1.68 bits per heavy atom. The van der Waals surface area contributed by atoms with Crippen molar-refractivity contribution in [3.05, 3.63) is 47.0 Å². The highest BCUT2D eigenvalue weighted by Gasteiger charge is 2.14. The van der Waals surface area contributed by atoms with Gasteiger partial charge in [0.15, 0.2) is 6.61 Å². The van der Waals surface area contributed by atoms with E-state index in [1.54, 1.807) is 44.2 Å². The van der Waals surface area contributed by atoms with Crippen LogP contribution in [0.4, 0.5) is 11.4 Å². The van der Waals surface area contributed by atoms with Crippen LogP contribution in [0.15, 0.2) is 30.3 Å². The molecule has 0 bridgehead atoms. The fourth-order valence-electron chi connectivity index (χ4n) is 2.71. The molecule has 0 aliphatic carbocycles. The number of carboxylic acids is 1. The van der Waals surface area contributed by atoms with Crippen LogP contribution in [-0.2, 0) is 9.59 Å². The monoisotopic (exact) mass is 386 g/mol. The molecule has 8 heteroatoms. The zero-order valence-corrected chi connectivity index (χ0v) is 16.1. The number of ether oxygens (including phenoxy) is 2. The lowest BCUT2D eigenvalue weighted by Gasteiger charge is -2.14. The number of amides is 2. The molecule has 0 saturated carbocycles. The second-order valence-corrected chi connectivity index (χ2v) is 6.17. The molecule has 0 atom stereocenters. The van der Waals surface area contributed by atoms with Gasteiger partial charge < -0.3 is 25.2 Å². The Labute approximate surface area is 162 Å². The number of nitrogens with one attached hydrogen (secondary N) is 2. The standard InChI is InChI=1S/C20H22N2O6/c1-11-7-14(8-12(2)19(11)28-10-18(24)25)20(26)22-15-5-6-16(21-13(3)23)17(9-15)27-4/h5-9H,10H2,1-4H3,(H,21,23)(H,22,26)(H,24,25). The van der Waals surface area contributed by atoms with Crippen LogP contribution in [0.1, 0.15) is 28.4 Å². The quantitative estimate of drug-likeness (QED) is 0.674. The third-order valence-electron chi connectivity index (χ3n) is 3.83. The number of aliphatic carboxylic acids is 1. The highest BCUT2D eigenvalue weighted by Crippen LogP contribution is 2.29. The molecule has 0 fully saturated rings. The summed E-state index contributed by atoms with van der Waals surface area (Å²) in [7, 11) is 1.47. The summed E-state index contributed by atoms with van der Waals surface area (Å²) in [4.78, 5) is 34.5. The number of anilines is 2. The van der Waals surface area contributed by atoms with Gasteiger partial charge in [-0.25, -0.2) is 4.79 Å². The van der Waals surface area contributed by atoms with Gasteiger partial charge in [0.1, 0.15) is 11.5 Å². The van der Waals surface area contributed by atoms with Crippen LogP contribution >= 0.6 is 0 Å². The minimum Gasteiger partial charge on any atom is -0.494 e. The molecule has 2 aromatic rings. The van der Waals surface area contributed by atoms with Crippen molar-refractivity contribution in [2.24, 2.45) is 0 Å². The average molecular weight is 386 g/mol. The Bertz CT molecular complexity index is 900. The molecule has 2 amide bonds. The number of benzene rings is 2. The van der Waals surface area contributed by atoms with Gasteiger partial charge in [-0.05, 0) is 49.2 Å². The van der Waals surface area contributed by atoms with E-state index < -0.39 is 12.6 Å². The maximum atomic E-state index is 12.6. The van der Waals surface area contributed by atoms with Crippen molar-refractivity contribution in [2.75, 3.05) is 24.4 Å². The van der Waals surface area contributed by atoms with Gasteiger partial charge in [-0.3, -0.25) is 9.59 Å². The van der Waals surface area contributed by atoms with E-state index in [1.807, 2.05) is 0 Å². The fourth-order valence-corrected chi connectivity index (χ4v) is 2.71. The van der Waals surface area contributed by atoms with Crippen molar-refractivity contribution in [1.82, 2.24) is 0 Å². The summed E-state index contributed by atoms with van der Waals surface area (Å²) in [5.41, 5.74) is 2.72. The van der Waals surface area contributed by atoms with Crippen molar-refractivity contribution in [3.63, 3.8) is 0 Å². The number of rotatable bonds is 7. The Morgan fingerprint density at radius 1 is 1.04 bits per heavy atom. The summed E-state index contributed by atoms with van der Waals surface area (Å²) in [5.74, 6) is -0.785. The van der Waals surface area contributed by atoms with E-state index in [1.165, 1.54) is 14.0 Å². The Balaban J connectivity index is 2.20. The van der Waals surface area contributed by atoms with Crippen molar-refractivity contribution >= 4 is 29.2 Å². The number of hydrogen-bond acceptors (Lipinski definition) is 5. The van der Waals surface area contributed by atoms with Crippen molar-refractivity contribution in [3.8, 4) is 11.5 Å². The van der Waals surface area contributed by atoms with Crippen molar-refractivity contribution in [2.45, 2.75) is 20.8 Å². The smallest absolute Gasteiger partial charge is 0.341 e. The number of aryl methyl sites for hydroxylation is 2. The van der Waals surface area contributed by atoms with E-state index >= 15 is 0 Å². The third kappa shape index (κ3) is 5.23. The number of carbonyl (C=O) groups is 3. The Morgan fingerprint density at radius 3 is 2.21 bits per heavy atom. The van der Waals surface area contributed by atoms with Crippen LogP contribution in [0.5, 0.6) is 11.5 Å². The topological polar surface area (TPSA) is 114 Å². The summed E-state index contributed by atoms with van der Waals surface area (Å²) in [6.45, 7) is 4.43. The van der Waals surface area contributed by atoms with Gasteiger partial charge in [0.25, 0.3) is 5.91 Å². The highest BCUT2D eigenvalue weighted by molar-refractivity contribution is 6.05. The predicted octanol–water partition coefficient (Wildman–Crippen LogP) is 2.99. The Hall–Kier alpha value is -3.55. The summed E-state index contributed by atoms with van der Waals surface area (Å²) < 4.78 is 10.5. The molecule has 0 spiro atoms. The van der Waals surface area contributed by atoms with E-state index in [4.69, 9.17) is 14.6 Å². The first-order valence-electron chi connectivity index (χ1n) is 8.44. The van der Waals surface area contributed by atoms with E-state index in [9.17, 15) is 14.4 Å². The predicted molar refractivity (Wildman–Crippen MR) is 104 cm³/mol. The normalized spacial score (nSPS) is 10.1.